The van der Waals surface area contributed by atoms with E-state index in [9.17, 15) is 9.59 Å². The Labute approximate surface area is 151 Å². The Kier molecular flexibility index (Phi) is 4.72. The number of ether oxygens (including phenoxy) is 1. The van der Waals surface area contributed by atoms with Gasteiger partial charge in [-0.15, -0.1) is 0 Å². The van der Waals surface area contributed by atoms with Gasteiger partial charge in [0, 0.05) is 22.5 Å². The summed E-state index contributed by atoms with van der Waals surface area (Å²) in [6.45, 7) is 5.58. The lowest BCUT2D eigenvalue weighted by Crippen LogP contribution is -2.41. The normalized spacial score (nSPS) is 13.8. The second-order valence-electron chi connectivity index (χ2n) is 5.80. The molecule has 0 spiro atoms. The van der Waals surface area contributed by atoms with Crippen LogP contribution in [0.2, 0.25) is 0 Å². The molecule has 0 radical (unpaired) electrons. The number of fused-ring (bicyclic) bond motifs is 1. The van der Waals surface area contributed by atoms with Crippen molar-refractivity contribution in [3.05, 3.63) is 66.2 Å². The topological polar surface area (TPSA) is 82.4 Å². The number of nitriles is 1. The molecule has 0 saturated heterocycles. The van der Waals surface area contributed by atoms with Gasteiger partial charge in [0.25, 0.3) is 5.91 Å². The summed E-state index contributed by atoms with van der Waals surface area (Å²) < 4.78 is 5.17. The van der Waals surface area contributed by atoms with Gasteiger partial charge in [0.15, 0.2) is 6.61 Å². The molecule has 6 nitrogen and oxygen atoms in total. The maximum absolute atomic E-state index is 12.6. The lowest BCUT2D eigenvalue weighted by molar-refractivity contribution is -0.119. The Morgan fingerprint density at radius 2 is 1.88 bits per heavy atom. The first-order valence-electron chi connectivity index (χ1n) is 8.05. The van der Waals surface area contributed by atoms with Gasteiger partial charge in [-0.3, -0.25) is 14.5 Å². The fourth-order valence-electron chi connectivity index (χ4n) is 2.83. The van der Waals surface area contributed by atoms with E-state index < -0.39 is 6.04 Å². The van der Waals surface area contributed by atoms with E-state index in [0.717, 1.165) is 5.56 Å². The Balaban J connectivity index is 1.70. The number of rotatable bonds is 5. The summed E-state index contributed by atoms with van der Waals surface area (Å²) in [7, 11) is 0. The number of carbonyl (C=O) groups is 2. The van der Waals surface area contributed by atoms with Gasteiger partial charge in [-0.25, -0.2) is 0 Å². The molecule has 2 aromatic carbocycles. The van der Waals surface area contributed by atoms with E-state index in [1.54, 1.807) is 43.3 Å². The minimum absolute atomic E-state index is 0.0392. The van der Waals surface area contributed by atoms with Crippen molar-refractivity contribution in [2.45, 2.75) is 13.0 Å². The Bertz CT molecular complexity index is 878. The maximum Gasteiger partial charge on any atom is 0.259 e. The zero-order valence-electron chi connectivity index (χ0n) is 14.2. The lowest BCUT2D eigenvalue weighted by atomic mass is 10.1. The molecule has 0 aliphatic carbocycles. The highest BCUT2D eigenvalue weighted by Gasteiger charge is 2.36. The predicted octanol–water partition coefficient (Wildman–Crippen LogP) is 3.04. The van der Waals surface area contributed by atoms with Crippen LogP contribution in [0.1, 0.15) is 22.8 Å². The van der Waals surface area contributed by atoms with Gasteiger partial charge in [0.2, 0.25) is 5.91 Å². The van der Waals surface area contributed by atoms with Crippen LogP contribution in [0.5, 0.6) is 5.75 Å². The fraction of sp³-hybridized carbons (Fsp3) is 0.150. The van der Waals surface area contributed by atoms with Gasteiger partial charge in [-0.2, -0.15) is 5.26 Å². The number of hydrogen-bond donors (Lipinski definition) is 1. The molecule has 130 valence electrons. The highest BCUT2D eigenvalue weighted by atomic mass is 16.5. The van der Waals surface area contributed by atoms with Gasteiger partial charge >= 0.3 is 0 Å². The Morgan fingerprint density at radius 1 is 1.23 bits per heavy atom. The summed E-state index contributed by atoms with van der Waals surface area (Å²) in [5.74, 6) is -0.0114. The van der Waals surface area contributed by atoms with Crippen LogP contribution in [-0.4, -0.2) is 29.4 Å². The van der Waals surface area contributed by atoms with E-state index in [-0.39, 0.29) is 18.4 Å². The first kappa shape index (κ1) is 17.2. The van der Waals surface area contributed by atoms with E-state index in [4.69, 9.17) is 10.00 Å². The molecule has 1 aliphatic rings. The molecule has 2 aromatic rings. The summed E-state index contributed by atoms with van der Waals surface area (Å²) in [6.07, 6.45) is 0. The minimum atomic E-state index is -0.711. The van der Waals surface area contributed by atoms with Gasteiger partial charge in [0.05, 0.1) is 0 Å². The van der Waals surface area contributed by atoms with Crippen molar-refractivity contribution in [3.8, 4) is 11.8 Å². The first-order valence-corrected chi connectivity index (χ1v) is 8.05. The van der Waals surface area contributed by atoms with Crippen molar-refractivity contribution in [2.75, 3.05) is 11.9 Å². The third kappa shape index (κ3) is 3.15. The van der Waals surface area contributed by atoms with Gasteiger partial charge in [0.1, 0.15) is 17.9 Å². The molecule has 3 rings (SSSR count). The summed E-state index contributed by atoms with van der Waals surface area (Å²) in [5.41, 5.74) is 2.39. The SMILES string of the molecule is C=C1c2ccccc2C(=O)N1C(C)C(=O)Nc1ccc(OCC#N)cc1. The van der Waals surface area contributed by atoms with Crippen LogP contribution in [0.25, 0.3) is 5.70 Å². The monoisotopic (exact) mass is 347 g/mol. The molecule has 0 saturated carbocycles. The highest BCUT2D eigenvalue weighted by Crippen LogP contribution is 2.33. The molecule has 26 heavy (non-hydrogen) atoms. The summed E-state index contributed by atoms with van der Waals surface area (Å²) >= 11 is 0. The highest BCUT2D eigenvalue weighted by molar-refractivity contribution is 6.11. The number of anilines is 1. The van der Waals surface area contributed by atoms with E-state index in [2.05, 4.69) is 11.9 Å². The number of nitrogens with one attached hydrogen (secondary N) is 1. The summed E-state index contributed by atoms with van der Waals surface area (Å²) in [6, 6.07) is 15.0. The summed E-state index contributed by atoms with van der Waals surface area (Å²) in [5, 5.41) is 11.3. The zero-order chi connectivity index (χ0) is 18.7. The van der Waals surface area contributed by atoms with Crippen LogP contribution in [0.4, 0.5) is 5.69 Å². The molecule has 0 bridgehead atoms. The molecule has 0 fully saturated rings. The number of benzene rings is 2. The fourth-order valence-corrected chi connectivity index (χ4v) is 2.83. The zero-order valence-corrected chi connectivity index (χ0v) is 14.2. The smallest absolute Gasteiger partial charge is 0.259 e. The van der Waals surface area contributed by atoms with Crippen molar-refractivity contribution in [3.63, 3.8) is 0 Å². The Hall–Kier alpha value is -3.59. The second kappa shape index (κ2) is 7.11. The van der Waals surface area contributed by atoms with Crippen molar-refractivity contribution in [1.29, 1.82) is 5.26 Å². The largest absolute Gasteiger partial charge is 0.479 e. The van der Waals surface area contributed by atoms with Crippen molar-refractivity contribution in [2.24, 2.45) is 0 Å². The molecule has 0 aromatic heterocycles. The average Bonchev–Trinajstić information content (AvgIpc) is 2.91. The van der Waals surface area contributed by atoms with E-state index >= 15 is 0 Å². The average molecular weight is 347 g/mol. The van der Waals surface area contributed by atoms with Crippen molar-refractivity contribution >= 4 is 23.2 Å². The molecule has 6 heteroatoms. The van der Waals surface area contributed by atoms with Gasteiger partial charge in [-0.05, 0) is 37.3 Å². The number of hydrogen-bond acceptors (Lipinski definition) is 4. The van der Waals surface area contributed by atoms with Crippen LogP contribution in [0.15, 0.2) is 55.1 Å². The molecule has 1 N–H and O–H groups in total. The van der Waals surface area contributed by atoms with Crippen LogP contribution >= 0.6 is 0 Å². The number of amides is 2. The van der Waals surface area contributed by atoms with Gasteiger partial charge < -0.3 is 10.1 Å². The molecular formula is C20H17N3O3. The van der Waals surface area contributed by atoms with Crippen molar-refractivity contribution < 1.29 is 14.3 Å². The maximum atomic E-state index is 12.6. The Morgan fingerprint density at radius 3 is 2.50 bits per heavy atom. The van der Waals surface area contributed by atoms with E-state index in [1.165, 1.54) is 4.90 Å². The molecule has 1 atom stereocenters. The second-order valence-corrected chi connectivity index (χ2v) is 5.80. The number of nitrogens with zero attached hydrogens (tertiary/aromatic N) is 2. The quantitative estimate of drug-likeness (QED) is 0.901. The van der Waals surface area contributed by atoms with Crippen LogP contribution < -0.4 is 10.1 Å². The molecule has 1 unspecified atom stereocenters. The van der Waals surface area contributed by atoms with Crippen LogP contribution in [0, 0.1) is 11.3 Å². The third-order valence-corrected chi connectivity index (χ3v) is 4.17. The van der Waals surface area contributed by atoms with Gasteiger partial charge in [-0.1, -0.05) is 24.8 Å². The van der Waals surface area contributed by atoms with E-state index in [0.29, 0.717) is 22.7 Å². The van der Waals surface area contributed by atoms with Crippen molar-refractivity contribution in [1.82, 2.24) is 4.90 Å². The molecule has 2 amide bonds. The lowest BCUT2D eigenvalue weighted by Gasteiger charge is -2.24. The standard InChI is InChI=1S/C20H17N3O3/c1-13-17-5-3-4-6-18(17)20(25)23(13)14(2)19(24)22-15-7-9-16(10-8-15)26-12-11-21/h3-10,14H,1,12H2,2H3,(H,22,24). The van der Waals surface area contributed by atoms with Crippen LogP contribution in [-0.2, 0) is 4.79 Å². The number of carbonyl (C=O) groups excluding carboxylic acids is 2. The third-order valence-electron chi connectivity index (χ3n) is 4.17. The van der Waals surface area contributed by atoms with Crippen LogP contribution in [0.3, 0.4) is 0 Å². The molecule has 1 aliphatic heterocycles. The first-order chi connectivity index (χ1) is 12.5. The molecule has 1 heterocycles. The molecular weight excluding hydrogens is 330 g/mol. The van der Waals surface area contributed by atoms with E-state index in [1.807, 2.05) is 18.2 Å². The predicted molar refractivity (Wildman–Crippen MR) is 97.3 cm³/mol. The summed E-state index contributed by atoms with van der Waals surface area (Å²) in [4.78, 5) is 26.6. The minimum Gasteiger partial charge on any atom is -0.479 e.